The molecule has 1 aromatic carbocycles. The van der Waals surface area contributed by atoms with Crippen LogP contribution in [0, 0.1) is 11.3 Å². The van der Waals surface area contributed by atoms with Crippen LogP contribution in [0.3, 0.4) is 0 Å². The number of nitrogens with zero attached hydrogens (tertiary/aromatic N) is 5. The molecule has 0 radical (unpaired) electrons. The van der Waals surface area contributed by atoms with Crippen molar-refractivity contribution < 1.29 is 5.11 Å². The Kier molecular flexibility index (Phi) is 6.59. The van der Waals surface area contributed by atoms with Gasteiger partial charge in [0, 0.05) is 29.7 Å². The molecule has 1 saturated carbocycles. The maximum Gasteiger partial charge on any atom is 0.163 e. The van der Waals surface area contributed by atoms with Crippen LogP contribution in [0.1, 0.15) is 80.8 Å². The number of anilines is 1. The van der Waals surface area contributed by atoms with Crippen molar-refractivity contribution in [1.82, 2.24) is 19.7 Å². The van der Waals surface area contributed by atoms with Gasteiger partial charge in [0.1, 0.15) is 6.07 Å². The normalized spacial score (nSPS) is 19.3. The van der Waals surface area contributed by atoms with Gasteiger partial charge in [0.15, 0.2) is 5.65 Å². The number of aliphatic hydroxyl groups is 1. The van der Waals surface area contributed by atoms with Crippen LogP contribution < -0.4 is 5.32 Å². The van der Waals surface area contributed by atoms with Crippen molar-refractivity contribution in [3.63, 3.8) is 0 Å². The molecule has 2 aliphatic rings. The second-order valence-electron chi connectivity index (χ2n) is 11.0. The highest BCUT2D eigenvalue weighted by Gasteiger charge is 2.23. The molecule has 1 fully saturated rings. The quantitative estimate of drug-likeness (QED) is 0.341. The van der Waals surface area contributed by atoms with Crippen molar-refractivity contribution in [1.29, 1.82) is 5.26 Å². The Labute approximate surface area is 223 Å². The third kappa shape index (κ3) is 4.54. The van der Waals surface area contributed by atoms with E-state index in [1.54, 1.807) is 0 Å². The second-order valence-corrected chi connectivity index (χ2v) is 11.0. The number of pyridine rings is 2. The van der Waals surface area contributed by atoms with Gasteiger partial charge >= 0.3 is 0 Å². The van der Waals surface area contributed by atoms with Crippen LogP contribution in [0.4, 0.5) is 5.69 Å². The topological polar surface area (TPSA) is 99.7 Å². The molecule has 194 valence electrons. The van der Waals surface area contributed by atoms with E-state index in [0.29, 0.717) is 5.56 Å². The third-order valence-electron chi connectivity index (χ3n) is 8.05. The van der Waals surface area contributed by atoms with Crippen LogP contribution in [0.25, 0.3) is 27.8 Å². The largest absolute Gasteiger partial charge is 0.393 e. The lowest BCUT2D eigenvalue weighted by Gasteiger charge is -2.27. The third-order valence-corrected chi connectivity index (χ3v) is 8.05. The van der Waals surface area contributed by atoms with E-state index in [9.17, 15) is 10.4 Å². The molecule has 7 heteroatoms. The van der Waals surface area contributed by atoms with E-state index >= 15 is 0 Å². The molecule has 0 unspecified atom stereocenters. The Morgan fingerprint density at radius 3 is 2.66 bits per heavy atom. The molecule has 3 aromatic heterocycles. The number of benzene rings is 1. The van der Waals surface area contributed by atoms with Gasteiger partial charge in [-0.3, -0.25) is 4.98 Å². The minimum absolute atomic E-state index is 0.205. The first kappa shape index (κ1) is 24.6. The van der Waals surface area contributed by atoms with Gasteiger partial charge in [-0.15, -0.1) is 0 Å². The average Bonchev–Trinajstić information content (AvgIpc) is 3.34. The molecular formula is C31H34N6O. The lowest BCUT2D eigenvalue weighted by Crippen LogP contribution is -2.28. The molecule has 0 atom stereocenters. The van der Waals surface area contributed by atoms with Crippen LogP contribution in [-0.4, -0.2) is 37.0 Å². The molecule has 0 aliphatic heterocycles. The van der Waals surface area contributed by atoms with Crippen LogP contribution in [0.2, 0.25) is 0 Å². The van der Waals surface area contributed by atoms with E-state index < -0.39 is 0 Å². The number of aliphatic hydroxyl groups excluding tert-OH is 1. The highest BCUT2D eigenvalue weighted by molar-refractivity contribution is 5.96. The summed E-state index contributed by atoms with van der Waals surface area (Å²) in [6.45, 7) is 4.33. The zero-order valence-electron chi connectivity index (χ0n) is 22.1. The lowest BCUT2D eigenvalue weighted by atomic mass is 9.92. The van der Waals surface area contributed by atoms with Gasteiger partial charge in [-0.1, -0.05) is 13.8 Å². The van der Waals surface area contributed by atoms with E-state index in [2.05, 4.69) is 37.4 Å². The Bertz CT molecular complexity index is 1520. The fourth-order valence-electron chi connectivity index (χ4n) is 5.95. The first-order chi connectivity index (χ1) is 18.5. The van der Waals surface area contributed by atoms with Crippen LogP contribution in [0.5, 0.6) is 0 Å². The summed E-state index contributed by atoms with van der Waals surface area (Å²) in [6, 6.07) is 12.8. The molecule has 38 heavy (non-hydrogen) atoms. The minimum Gasteiger partial charge on any atom is -0.393 e. The van der Waals surface area contributed by atoms with Crippen LogP contribution in [0.15, 0.2) is 42.7 Å². The van der Waals surface area contributed by atoms with Crippen LogP contribution in [-0.2, 0) is 12.8 Å². The smallest absolute Gasteiger partial charge is 0.163 e. The van der Waals surface area contributed by atoms with E-state index in [1.807, 2.05) is 35.3 Å². The zero-order valence-corrected chi connectivity index (χ0v) is 22.1. The average molecular weight is 507 g/mol. The monoisotopic (exact) mass is 506 g/mol. The van der Waals surface area contributed by atoms with Gasteiger partial charge < -0.3 is 10.4 Å². The van der Waals surface area contributed by atoms with E-state index in [4.69, 9.17) is 15.1 Å². The summed E-state index contributed by atoms with van der Waals surface area (Å²) in [5.41, 5.74) is 8.89. The number of aromatic nitrogens is 4. The number of rotatable bonds is 5. The summed E-state index contributed by atoms with van der Waals surface area (Å²) in [5, 5.41) is 29.4. The maximum absolute atomic E-state index is 9.89. The summed E-state index contributed by atoms with van der Waals surface area (Å²) in [5.74, 6) is 0.205. The predicted molar refractivity (Wildman–Crippen MR) is 149 cm³/mol. The number of hydrogen-bond acceptors (Lipinski definition) is 6. The highest BCUT2D eigenvalue weighted by Crippen LogP contribution is 2.36. The standard InChI is InChI=1S/C31H34N6O/c1-19(2)30-29-26(22-15-20-5-3-4-6-27(20)34-18-22)13-14-33-31(29)37(36-30)24-10-7-21(17-32)28(16-24)35-23-8-11-25(38)12-9-23/h7,10,13-16,18-19,23,25,35,38H,3-6,8-9,11-12H2,1-2H3/t23-,25-. The van der Waals surface area contributed by atoms with Gasteiger partial charge in [0.2, 0.25) is 0 Å². The van der Waals surface area contributed by atoms with Gasteiger partial charge in [0.25, 0.3) is 0 Å². The first-order valence-corrected chi connectivity index (χ1v) is 13.9. The van der Waals surface area contributed by atoms with Gasteiger partial charge in [-0.05, 0) is 98.7 Å². The summed E-state index contributed by atoms with van der Waals surface area (Å²) in [7, 11) is 0. The van der Waals surface area contributed by atoms with Crippen molar-refractivity contribution >= 4 is 16.7 Å². The van der Waals surface area contributed by atoms with Crippen molar-refractivity contribution in [3.05, 3.63) is 65.2 Å². The summed E-state index contributed by atoms with van der Waals surface area (Å²) in [4.78, 5) is 9.63. The second kappa shape index (κ2) is 10.2. The molecule has 0 bridgehead atoms. The highest BCUT2D eigenvalue weighted by atomic mass is 16.3. The molecule has 0 spiro atoms. The SMILES string of the molecule is CC(C)c1nn(-c2ccc(C#N)c(N[C@H]3CC[C@H](O)CC3)c2)c2nccc(-c3cnc4c(c3)CCCC4)c12. The molecule has 2 N–H and O–H groups in total. The number of nitrogens with one attached hydrogen (secondary N) is 1. The fraction of sp³-hybridized carbons (Fsp3) is 0.419. The number of hydrogen-bond donors (Lipinski definition) is 2. The predicted octanol–water partition coefficient (Wildman–Crippen LogP) is 6.07. The fourth-order valence-corrected chi connectivity index (χ4v) is 5.95. The molecule has 4 aromatic rings. The molecular weight excluding hydrogens is 472 g/mol. The van der Waals surface area contributed by atoms with Gasteiger partial charge in [0.05, 0.1) is 34.1 Å². The van der Waals surface area contributed by atoms with Gasteiger partial charge in [-0.2, -0.15) is 10.4 Å². The van der Waals surface area contributed by atoms with Crippen molar-refractivity contribution in [2.75, 3.05) is 5.32 Å². The van der Waals surface area contributed by atoms with E-state index in [0.717, 1.165) is 77.8 Å². The Balaban J connectivity index is 1.45. The molecule has 6 rings (SSSR count). The Morgan fingerprint density at radius 2 is 1.87 bits per heavy atom. The first-order valence-electron chi connectivity index (χ1n) is 13.9. The molecule has 0 amide bonds. The summed E-state index contributed by atoms with van der Waals surface area (Å²) in [6.07, 6.45) is 11.6. The molecule has 0 saturated heterocycles. The van der Waals surface area contributed by atoms with Crippen molar-refractivity contribution in [2.24, 2.45) is 0 Å². The summed E-state index contributed by atoms with van der Waals surface area (Å²) < 4.78 is 1.91. The summed E-state index contributed by atoms with van der Waals surface area (Å²) >= 11 is 0. The molecule has 7 nitrogen and oxygen atoms in total. The van der Waals surface area contributed by atoms with Crippen molar-refractivity contribution in [3.8, 4) is 22.9 Å². The molecule has 2 aliphatic carbocycles. The van der Waals surface area contributed by atoms with Crippen LogP contribution >= 0.6 is 0 Å². The molecule has 3 heterocycles. The lowest BCUT2D eigenvalue weighted by molar-refractivity contribution is 0.126. The van der Waals surface area contributed by atoms with E-state index in [1.165, 1.54) is 24.1 Å². The number of aryl methyl sites for hydroxylation is 2. The number of fused-ring (bicyclic) bond motifs is 2. The van der Waals surface area contributed by atoms with Crippen molar-refractivity contribution in [2.45, 2.75) is 83.3 Å². The minimum atomic E-state index is -0.217. The Morgan fingerprint density at radius 1 is 1.05 bits per heavy atom. The Hall–Kier alpha value is -3.76. The zero-order chi connectivity index (χ0) is 26.2. The van der Waals surface area contributed by atoms with Gasteiger partial charge in [-0.25, -0.2) is 9.67 Å². The maximum atomic E-state index is 9.89. The van der Waals surface area contributed by atoms with E-state index in [-0.39, 0.29) is 18.1 Å². The number of nitriles is 1.